The van der Waals surface area contributed by atoms with Crippen LogP contribution in [0.2, 0.25) is 0 Å². The Bertz CT molecular complexity index is 336. The maximum Gasteiger partial charge on any atom is 0.325 e. The second kappa shape index (κ2) is 5.39. The largest absolute Gasteiger partial charge is 0.465 e. The number of rotatable bonds is 4. The minimum atomic E-state index is -0.193. The molecule has 0 atom stereocenters. The molecule has 0 heterocycles. The molecule has 0 amide bonds. The van der Waals surface area contributed by atoms with E-state index in [0.29, 0.717) is 6.61 Å². The molecular weight excluding hydrogens is 190 g/mol. The summed E-state index contributed by atoms with van der Waals surface area (Å²) in [5.74, 6) is -0.193. The van der Waals surface area contributed by atoms with Crippen LogP contribution in [0, 0.1) is 6.92 Å². The fourth-order valence-corrected chi connectivity index (χ4v) is 1.36. The fraction of sp³-hybridized carbons (Fsp3) is 0.417. The summed E-state index contributed by atoms with van der Waals surface area (Å²) in [6, 6.07) is 8.03. The van der Waals surface area contributed by atoms with E-state index in [9.17, 15) is 4.79 Å². The van der Waals surface area contributed by atoms with Gasteiger partial charge in [-0.15, -0.1) is 0 Å². The summed E-state index contributed by atoms with van der Waals surface area (Å²) in [6.45, 7) is 4.56. The first-order chi connectivity index (χ1) is 7.13. The van der Waals surface area contributed by atoms with Crippen molar-refractivity contribution in [2.75, 3.05) is 25.1 Å². The summed E-state index contributed by atoms with van der Waals surface area (Å²) < 4.78 is 4.88. The zero-order valence-corrected chi connectivity index (χ0v) is 9.49. The van der Waals surface area contributed by atoms with Gasteiger partial charge in [-0.2, -0.15) is 0 Å². The maximum absolute atomic E-state index is 11.2. The van der Waals surface area contributed by atoms with E-state index < -0.39 is 0 Å². The highest BCUT2D eigenvalue weighted by molar-refractivity contribution is 5.75. The molecule has 0 unspecified atom stereocenters. The minimum Gasteiger partial charge on any atom is -0.465 e. The molecule has 0 aliphatic carbocycles. The molecule has 0 aliphatic heterocycles. The summed E-state index contributed by atoms with van der Waals surface area (Å²) in [4.78, 5) is 13.1. The summed E-state index contributed by atoms with van der Waals surface area (Å²) >= 11 is 0. The number of ether oxygens (including phenoxy) is 1. The number of hydrogen-bond acceptors (Lipinski definition) is 3. The SMILES string of the molecule is CCOC(=O)CN(C)c1cccc(C)c1. The highest BCUT2D eigenvalue weighted by Crippen LogP contribution is 2.13. The van der Waals surface area contributed by atoms with Crippen LogP contribution < -0.4 is 4.90 Å². The number of nitrogens with zero attached hydrogens (tertiary/aromatic N) is 1. The molecule has 0 aromatic heterocycles. The van der Waals surface area contributed by atoms with E-state index in [1.165, 1.54) is 5.56 Å². The van der Waals surface area contributed by atoms with Crippen LogP contribution in [0.1, 0.15) is 12.5 Å². The van der Waals surface area contributed by atoms with E-state index in [-0.39, 0.29) is 12.5 Å². The lowest BCUT2D eigenvalue weighted by Crippen LogP contribution is -2.27. The van der Waals surface area contributed by atoms with E-state index in [1.54, 1.807) is 0 Å². The van der Waals surface area contributed by atoms with Crippen molar-refractivity contribution in [3.05, 3.63) is 29.8 Å². The molecule has 0 spiro atoms. The molecule has 0 bridgehead atoms. The van der Waals surface area contributed by atoms with Crippen LogP contribution in [0.25, 0.3) is 0 Å². The molecule has 1 aromatic carbocycles. The summed E-state index contributed by atoms with van der Waals surface area (Å²) in [5.41, 5.74) is 2.21. The molecular formula is C12H17NO2. The van der Waals surface area contributed by atoms with Crippen molar-refractivity contribution in [1.82, 2.24) is 0 Å². The summed E-state index contributed by atoms with van der Waals surface area (Å²) in [5, 5.41) is 0. The molecule has 1 rings (SSSR count). The zero-order chi connectivity index (χ0) is 11.3. The molecule has 0 saturated carbocycles. The zero-order valence-electron chi connectivity index (χ0n) is 9.49. The van der Waals surface area contributed by atoms with Gasteiger partial charge in [-0.05, 0) is 31.5 Å². The van der Waals surface area contributed by atoms with Gasteiger partial charge in [0.15, 0.2) is 0 Å². The van der Waals surface area contributed by atoms with Gasteiger partial charge < -0.3 is 9.64 Å². The second-order valence-corrected chi connectivity index (χ2v) is 3.50. The first-order valence-corrected chi connectivity index (χ1v) is 5.07. The first-order valence-electron chi connectivity index (χ1n) is 5.07. The predicted molar refractivity (Wildman–Crippen MR) is 61.1 cm³/mol. The summed E-state index contributed by atoms with van der Waals surface area (Å²) in [6.07, 6.45) is 0. The third kappa shape index (κ3) is 3.62. The Kier molecular flexibility index (Phi) is 4.16. The number of anilines is 1. The Morgan fingerprint density at radius 3 is 2.80 bits per heavy atom. The van der Waals surface area contributed by atoms with Gasteiger partial charge in [0.05, 0.1) is 6.61 Å². The van der Waals surface area contributed by atoms with Crippen molar-refractivity contribution >= 4 is 11.7 Å². The molecule has 0 N–H and O–H groups in total. The number of esters is 1. The third-order valence-corrected chi connectivity index (χ3v) is 2.11. The van der Waals surface area contributed by atoms with E-state index in [0.717, 1.165) is 5.69 Å². The molecule has 0 radical (unpaired) electrons. The number of aryl methyl sites for hydroxylation is 1. The first kappa shape index (κ1) is 11.6. The van der Waals surface area contributed by atoms with E-state index in [1.807, 2.05) is 50.1 Å². The number of carbonyl (C=O) groups is 1. The van der Waals surface area contributed by atoms with E-state index in [4.69, 9.17) is 4.74 Å². The minimum absolute atomic E-state index is 0.193. The lowest BCUT2D eigenvalue weighted by Gasteiger charge is -2.18. The van der Waals surface area contributed by atoms with Gasteiger partial charge in [0.1, 0.15) is 6.54 Å². The topological polar surface area (TPSA) is 29.5 Å². The Hall–Kier alpha value is -1.51. The van der Waals surface area contributed by atoms with Gasteiger partial charge in [-0.1, -0.05) is 12.1 Å². The van der Waals surface area contributed by atoms with Crippen molar-refractivity contribution < 1.29 is 9.53 Å². The molecule has 82 valence electrons. The number of hydrogen-bond donors (Lipinski definition) is 0. The molecule has 3 nitrogen and oxygen atoms in total. The van der Waals surface area contributed by atoms with Crippen molar-refractivity contribution in [3.63, 3.8) is 0 Å². The Morgan fingerprint density at radius 1 is 1.47 bits per heavy atom. The predicted octanol–water partition coefficient (Wildman–Crippen LogP) is 1.99. The number of benzene rings is 1. The maximum atomic E-state index is 11.2. The lowest BCUT2D eigenvalue weighted by atomic mass is 10.2. The Morgan fingerprint density at radius 2 is 2.20 bits per heavy atom. The quantitative estimate of drug-likeness (QED) is 0.707. The fourth-order valence-electron chi connectivity index (χ4n) is 1.36. The van der Waals surface area contributed by atoms with Gasteiger partial charge in [0, 0.05) is 12.7 Å². The molecule has 0 fully saturated rings. The average molecular weight is 207 g/mol. The lowest BCUT2D eigenvalue weighted by molar-refractivity contribution is -0.141. The van der Waals surface area contributed by atoms with Crippen molar-refractivity contribution in [2.24, 2.45) is 0 Å². The monoisotopic (exact) mass is 207 g/mol. The smallest absolute Gasteiger partial charge is 0.325 e. The van der Waals surface area contributed by atoms with E-state index in [2.05, 4.69) is 0 Å². The Balaban J connectivity index is 2.60. The molecule has 0 aliphatic rings. The third-order valence-electron chi connectivity index (χ3n) is 2.11. The van der Waals surface area contributed by atoms with Crippen LogP contribution in [-0.2, 0) is 9.53 Å². The average Bonchev–Trinajstić information content (AvgIpc) is 2.18. The van der Waals surface area contributed by atoms with Crippen molar-refractivity contribution in [3.8, 4) is 0 Å². The molecule has 3 heteroatoms. The van der Waals surface area contributed by atoms with Crippen LogP contribution in [0.4, 0.5) is 5.69 Å². The van der Waals surface area contributed by atoms with Crippen molar-refractivity contribution in [1.29, 1.82) is 0 Å². The highest BCUT2D eigenvalue weighted by Gasteiger charge is 2.07. The van der Waals surface area contributed by atoms with Crippen molar-refractivity contribution in [2.45, 2.75) is 13.8 Å². The molecule has 0 saturated heterocycles. The summed E-state index contributed by atoms with van der Waals surface area (Å²) in [7, 11) is 1.88. The van der Waals surface area contributed by atoms with Gasteiger partial charge in [-0.25, -0.2) is 0 Å². The van der Waals surface area contributed by atoms with Crippen LogP contribution in [-0.4, -0.2) is 26.2 Å². The number of likely N-dealkylation sites (N-methyl/N-ethyl adjacent to an activating group) is 1. The van der Waals surface area contributed by atoms with Crippen LogP contribution in [0.3, 0.4) is 0 Å². The van der Waals surface area contributed by atoms with Gasteiger partial charge in [-0.3, -0.25) is 4.79 Å². The van der Waals surface area contributed by atoms with E-state index >= 15 is 0 Å². The van der Waals surface area contributed by atoms with Gasteiger partial charge in [0.25, 0.3) is 0 Å². The van der Waals surface area contributed by atoms with Crippen LogP contribution in [0.5, 0.6) is 0 Å². The highest BCUT2D eigenvalue weighted by atomic mass is 16.5. The van der Waals surface area contributed by atoms with Crippen LogP contribution >= 0.6 is 0 Å². The van der Waals surface area contributed by atoms with Gasteiger partial charge in [0.2, 0.25) is 0 Å². The Labute approximate surface area is 90.7 Å². The molecule has 1 aromatic rings. The number of carbonyl (C=O) groups excluding carboxylic acids is 1. The molecule has 15 heavy (non-hydrogen) atoms. The standard InChI is InChI=1S/C12H17NO2/c1-4-15-12(14)9-13(3)11-7-5-6-10(2)8-11/h5-8H,4,9H2,1-3H3. The second-order valence-electron chi connectivity index (χ2n) is 3.50. The van der Waals surface area contributed by atoms with Gasteiger partial charge >= 0.3 is 5.97 Å². The normalized spacial score (nSPS) is 9.80. The van der Waals surface area contributed by atoms with Crippen LogP contribution in [0.15, 0.2) is 24.3 Å².